The number of halogens is 2. The molecule has 2 heterocycles. The number of pyridine rings is 2. The molecule has 0 bridgehead atoms. The molecule has 2 amide bonds. The molecule has 2 aromatic rings. The van der Waals surface area contributed by atoms with Gasteiger partial charge in [0.1, 0.15) is 5.82 Å². The molecule has 0 aromatic carbocycles. The lowest BCUT2D eigenvalue weighted by Gasteiger charge is -2.10. The maximum absolute atomic E-state index is 12.3. The van der Waals surface area contributed by atoms with Gasteiger partial charge < -0.3 is 20.5 Å². The van der Waals surface area contributed by atoms with Crippen molar-refractivity contribution < 1.29 is 28.2 Å². The maximum atomic E-state index is 12.3. The van der Waals surface area contributed by atoms with Crippen molar-refractivity contribution in [3.8, 4) is 11.8 Å². The van der Waals surface area contributed by atoms with Crippen molar-refractivity contribution in [3.63, 3.8) is 0 Å². The van der Waals surface area contributed by atoms with Gasteiger partial charge in [0.05, 0.1) is 0 Å². The van der Waals surface area contributed by atoms with Crippen LogP contribution in [0.15, 0.2) is 30.5 Å². The zero-order valence-electron chi connectivity index (χ0n) is 14.7. The van der Waals surface area contributed by atoms with Gasteiger partial charge in [-0.05, 0) is 31.0 Å². The topological polar surface area (TPSA) is 113 Å². The Morgan fingerprint density at radius 1 is 1.29 bits per heavy atom. The van der Waals surface area contributed by atoms with Crippen molar-refractivity contribution in [2.75, 3.05) is 11.9 Å². The molecule has 1 aliphatic carbocycles. The highest BCUT2D eigenvalue weighted by Gasteiger charge is 2.29. The van der Waals surface area contributed by atoms with E-state index in [0.29, 0.717) is 0 Å². The van der Waals surface area contributed by atoms with Gasteiger partial charge in [-0.15, -0.1) is 0 Å². The summed E-state index contributed by atoms with van der Waals surface area (Å²) in [6, 6.07) is 5.68. The number of aromatic nitrogens is 2. The molecule has 3 N–H and O–H groups in total. The van der Waals surface area contributed by atoms with Gasteiger partial charge >= 0.3 is 0 Å². The molecule has 3 rings (SSSR count). The van der Waals surface area contributed by atoms with Gasteiger partial charge in [0.2, 0.25) is 17.7 Å². The minimum absolute atomic E-state index is 0.0161. The average molecular weight is 392 g/mol. The van der Waals surface area contributed by atoms with Crippen LogP contribution in [0.3, 0.4) is 0 Å². The first-order chi connectivity index (χ1) is 13.4. The van der Waals surface area contributed by atoms with Crippen molar-refractivity contribution in [1.29, 1.82) is 0 Å². The number of amides is 2. The third kappa shape index (κ3) is 5.35. The molecule has 1 saturated carbocycles. The molecule has 148 valence electrons. The van der Waals surface area contributed by atoms with E-state index < -0.39 is 24.8 Å². The van der Waals surface area contributed by atoms with E-state index in [2.05, 4.69) is 20.6 Å². The molecule has 2 aromatic heterocycles. The van der Waals surface area contributed by atoms with E-state index in [9.17, 15) is 23.5 Å². The van der Waals surface area contributed by atoms with Crippen molar-refractivity contribution >= 4 is 17.6 Å². The minimum atomic E-state index is -2.65. The van der Waals surface area contributed by atoms with E-state index in [1.165, 1.54) is 30.5 Å². The van der Waals surface area contributed by atoms with Crippen LogP contribution in [0.2, 0.25) is 0 Å². The smallest absolute Gasteiger partial charge is 0.272 e. The third-order valence-electron chi connectivity index (χ3n) is 3.95. The Labute approximate surface area is 159 Å². The molecule has 10 heteroatoms. The minimum Gasteiger partial charge on any atom is -0.493 e. The van der Waals surface area contributed by atoms with Crippen LogP contribution in [-0.4, -0.2) is 39.9 Å². The normalized spacial score (nSPS) is 13.2. The van der Waals surface area contributed by atoms with E-state index in [0.717, 1.165) is 12.8 Å². The number of nitrogens with one attached hydrogen (secondary N) is 2. The summed E-state index contributed by atoms with van der Waals surface area (Å²) in [5.74, 6) is -0.828. The number of aromatic hydroxyl groups is 1. The summed E-state index contributed by atoms with van der Waals surface area (Å²) in [7, 11) is 0. The van der Waals surface area contributed by atoms with Crippen LogP contribution in [0, 0.1) is 5.92 Å². The van der Waals surface area contributed by atoms with E-state index in [4.69, 9.17) is 4.74 Å². The van der Waals surface area contributed by atoms with Gasteiger partial charge in [-0.2, -0.15) is 4.98 Å². The van der Waals surface area contributed by atoms with E-state index in [-0.39, 0.29) is 41.2 Å². The second-order valence-electron chi connectivity index (χ2n) is 6.21. The van der Waals surface area contributed by atoms with E-state index in [1.54, 1.807) is 0 Å². The summed E-state index contributed by atoms with van der Waals surface area (Å²) in [5.41, 5.74) is 0.569. The molecule has 1 fully saturated rings. The molecule has 8 nitrogen and oxygen atoms in total. The lowest BCUT2D eigenvalue weighted by Crippen LogP contribution is -2.23. The molecule has 0 aliphatic heterocycles. The third-order valence-corrected chi connectivity index (χ3v) is 3.95. The fourth-order valence-corrected chi connectivity index (χ4v) is 2.32. The molecule has 0 unspecified atom stereocenters. The zero-order chi connectivity index (χ0) is 20.1. The first kappa shape index (κ1) is 19.5. The fraction of sp³-hybridized carbons (Fsp3) is 0.333. The Morgan fingerprint density at radius 3 is 2.75 bits per heavy atom. The second-order valence-corrected chi connectivity index (χ2v) is 6.21. The summed E-state index contributed by atoms with van der Waals surface area (Å²) < 4.78 is 29.0. The van der Waals surface area contributed by atoms with Crippen molar-refractivity contribution in [1.82, 2.24) is 15.3 Å². The van der Waals surface area contributed by atoms with Crippen molar-refractivity contribution in [2.45, 2.75) is 25.8 Å². The number of anilines is 1. The van der Waals surface area contributed by atoms with Gasteiger partial charge in [0.15, 0.2) is 6.61 Å². The van der Waals surface area contributed by atoms with Crippen LogP contribution in [-0.2, 0) is 11.3 Å². The predicted molar refractivity (Wildman–Crippen MR) is 94.2 cm³/mol. The highest BCUT2D eigenvalue weighted by atomic mass is 19.3. The molecule has 0 spiro atoms. The zero-order valence-corrected chi connectivity index (χ0v) is 14.7. The number of alkyl halides is 2. The summed E-state index contributed by atoms with van der Waals surface area (Å²) in [4.78, 5) is 31.7. The Balaban J connectivity index is 1.57. The van der Waals surface area contributed by atoms with Crippen molar-refractivity contribution in [2.24, 2.45) is 5.92 Å². The summed E-state index contributed by atoms with van der Waals surface area (Å²) in [6.07, 6.45) is 0.471. The van der Waals surface area contributed by atoms with Crippen LogP contribution in [0.25, 0.3) is 0 Å². The molecule has 28 heavy (non-hydrogen) atoms. The molecular formula is C18H18F2N4O4. The van der Waals surface area contributed by atoms with Gasteiger partial charge in [-0.1, -0.05) is 0 Å². The monoisotopic (exact) mass is 392 g/mol. The van der Waals surface area contributed by atoms with Crippen LogP contribution < -0.4 is 15.4 Å². The Kier molecular flexibility index (Phi) is 5.97. The Hall–Kier alpha value is -3.30. The summed E-state index contributed by atoms with van der Waals surface area (Å²) in [5, 5.41) is 15.1. The van der Waals surface area contributed by atoms with Gasteiger partial charge in [-0.3, -0.25) is 9.59 Å². The SMILES string of the molecule is O=C(NCc1ccc(OCC(F)F)nc1O)c1ccnc(NC(=O)C2CC2)c1. The lowest BCUT2D eigenvalue weighted by molar-refractivity contribution is -0.117. The van der Waals surface area contributed by atoms with Crippen LogP contribution in [0.5, 0.6) is 11.8 Å². The number of carbonyl (C=O) groups excluding carboxylic acids is 2. The number of rotatable bonds is 8. The number of nitrogens with zero attached hydrogens (tertiary/aromatic N) is 2. The Morgan fingerprint density at radius 2 is 2.07 bits per heavy atom. The number of hydrogen-bond acceptors (Lipinski definition) is 6. The molecule has 0 radical (unpaired) electrons. The average Bonchev–Trinajstić information content (AvgIpc) is 3.51. The van der Waals surface area contributed by atoms with Crippen LogP contribution in [0.4, 0.5) is 14.6 Å². The highest BCUT2D eigenvalue weighted by Crippen LogP contribution is 2.30. The van der Waals surface area contributed by atoms with E-state index >= 15 is 0 Å². The van der Waals surface area contributed by atoms with Gasteiger partial charge in [-0.25, -0.2) is 13.8 Å². The summed E-state index contributed by atoms with van der Waals surface area (Å²) >= 11 is 0. The largest absolute Gasteiger partial charge is 0.493 e. The maximum Gasteiger partial charge on any atom is 0.272 e. The van der Waals surface area contributed by atoms with Crippen LogP contribution >= 0.6 is 0 Å². The fourth-order valence-electron chi connectivity index (χ4n) is 2.32. The molecule has 1 aliphatic rings. The quantitative estimate of drug-likeness (QED) is 0.634. The molecule has 0 atom stereocenters. The van der Waals surface area contributed by atoms with E-state index in [1.807, 2.05) is 0 Å². The van der Waals surface area contributed by atoms with Crippen molar-refractivity contribution in [3.05, 3.63) is 41.6 Å². The first-order valence-electron chi connectivity index (χ1n) is 8.57. The van der Waals surface area contributed by atoms with Crippen LogP contribution in [0.1, 0.15) is 28.8 Å². The van der Waals surface area contributed by atoms with Gasteiger partial charge in [0.25, 0.3) is 12.3 Å². The second kappa shape index (κ2) is 8.59. The molecule has 0 saturated heterocycles. The number of hydrogen-bond donors (Lipinski definition) is 3. The summed E-state index contributed by atoms with van der Waals surface area (Å²) in [6.45, 7) is -0.872. The molecular weight excluding hydrogens is 374 g/mol. The number of ether oxygens (including phenoxy) is 1. The Bertz CT molecular complexity index is 874. The highest BCUT2D eigenvalue weighted by molar-refractivity contribution is 5.97. The first-order valence-corrected chi connectivity index (χ1v) is 8.57. The standard InChI is InChI=1S/C18H18F2N4O4/c19-13(20)9-28-15-4-3-12(18(27)24-15)8-22-16(25)11-5-6-21-14(7-11)23-17(26)10-1-2-10/h3-7,10,13H,1-2,8-9H2,(H,22,25)(H,24,27)(H,21,23,26). The predicted octanol–water partition coefficient (Wildman–Crippen LogP) is 2.10. The lowest BCUT2D eigenvalue weighted by atomic mass is 10.2. The number of carbonyl (C=O) groups is 2. The van der Waals surface area contributed by atoms with Gasteiger partial charge in [0, 0.05) is 35.9 Å².